The maximum Gasteiger partial charge on any atom is 0.306 e. The molecule has 0 radical (unpaired) electrons. The van der Waals surface area contributed by atoms with E-state index in [0.717, 1.165) is 103 Å². The molecular formula is C70H122O6. The van der Waals surface area contributed by atoms with Crippen LogP contribution in [-0.4, -0.2) is 37.2 Å². The highest BCUT2D eigenvalue weighted by molar-refractivity contribution is 5.71. The molecule has 0 aromatic carbocycles. The minimum atomic E-state index is -0.772. The molecule has 0 aliphatic carbocycles. The fourth-order valence-corrected chi connectivity index (χ4v) is 9.31. The Kier molecular flexibility index (Phi) is 61.2. The smallest absolute Gasteiger partial charge is 0.306 e. The van der Waals surface area contributed by atoms with Crippen molar-refractivity contribution < 1.29 is 28.6 Å². The van der Waals surface area contributed by atoms with Gasteiger partial charge in [0.2, 0.25) is 0 Å². The maximum absolute atomic E-state index is 12.8. The summed E-state index contributed by atoms with van der Waals surface area (Å²) in [6.45, 7) is 6.50. The number of esters is 3. The van der Waals surface area contributed by atoms with Gasteiger partial charge in [-0.1, -0.05) is 311 Å². The molecule has 0 amide bonds. The molecule has 0 bridgehead atoms. The van der Waals surface area contributed by atoms with E-state index in [0.29, 0.717) is 19.3 Å². The SMILES string of the molecule is CC/C=C\C/C=C\C/C=C\C/C=C\C/C=C\C/C=C\C/C=C\CCCCCCCCCCCCCC(=O)OCC(COC(=O)CCCCCCCC)OC(=O)CCCCCCCCCCCCCCCCCCCCC. The number of hydrogen-bond donors (Lipinski definition) is 0. The third kappa shape index (κ3) is 61.4. The molecule has 0 aromatic heterocycles. The van der Waals surface area contributed by atoms with Crippen LogP contribution >= 0.6 is 0 Å². The molecule has 0 N–H and O–H groups in total. The number of carbonyl (C=O) groups excluding carboxylic acids is 3. The van der Waals surface area contributed by atoms with Gasteiger partial charge in [0.15, 0.2) is 6.10 Å². The van der Waals surface area contributed by atoms with Crippen molar-refractivity contribution in [1.29, 1.82) is 0 Å². The first-order chi connectivity index (χ1) is 37.5. The highest BCUT2D eigenvalue weighted by Gasteiger charge is 2.19. The van der Waals surface area contributed by atoms with Gasteiger partial charge in [0, 0.05) is 19.3 Å². The van der Waals surface area contributed by atoms with Gasteiger partial charge in [-0.2, -0.15) is 0 Å². The summed E-state index contributed by atoms with van der Waals surface area (Å²) >= 11 is 0. The number of unbranched alkanes of at least 4 members (excludes halogenated alkanes) is 34. The lowest BCUT2D eigenvalue weighted by Crippen LogP contribution is -2.30. The molecule has 0 aromatic rings. The lowest BCUT2D eigenvalue weighted by atomic mass is 10.0. The van der Waals surface area contributed by atoms with E-state index in [4.69, 9.17) is 14.2 Å². The zero-order chi connectivity index (χ0) is 55.0. The van der Waals surface area contributed by atoms with Crippen LogP contribution in [0.4, 0.5) is 0 Å². The van der Waals surface area contributed by atoms with Crippen molar-refractivity contribution >= 4 is 17.9 Å². The normalized spacial score (nSPS) is 12.6. The van der Waals surface area contributed by atoms with Gasteiger partial charge in [-0.25, -0.2) is 0 Å². The van der Waals surface area contributed by atoms with Crippen molar-refractivity contribution in [2.75, 3.05) is 13.2 Å². The highest BCUT2D eigenvalue weighted by Crippen LogP contribution is 2.17. The van der Waals surface area contributed by atoms with Crippen LogP contribution in [-0.2, 0) is 28.6 Å². The second kappa shape index (κ2) is 64.1. The zero-order valence-electron chi connectivity index (χ0n) is 50.3. The second-order valence-electron chi connectivity index (χ2n) is 21.7. The fourth-order valence-electron chi connectivity index (χ4n) is 9.31. The summed E-state index contributed by atoms with van der Waals surface area (Å²) in [5.74, 6) is -0.871. The van der Waals surface area contributed by atoms with Crippen molar-refractivity contribution in [3.8, 4) is 0 Å². The van der Waals surface area contributed by atoms with Crippen molar-refractivity contribution in [3.05, 3.63) is 85.1 Å². The summed E-state index contributed by atoms with van der Waals surface area (Å²) in [5.41, 5.74) is 0. The van der Waals surface area contributed by atoms with Crippen LogP contribution in [0.3, 0.4) is 0 Å². The average molecular weight is 1060 g/mol. The molecule has 0 rings (SSSR count). The Morgan fingerprint density at radius 2 is 0.513 bits per heavy atom. The van der Waals surface area contributed by atoms with Crippen molar-refractivity contribution in [2.45, 2.75) is 329 Å². The zero-order valence-corrected chi connectivity index (χ0v) is 50.3. The molecule has 0 heterocycles. The van der Waals surface area contributed by atoms with E-state index < -0.39 is 6.10 Å². The summed E-state index contributed by atoms with van der Waals surface area (Å²) in [4.78, 5) is 38.0. The molecule has 1 atom stereocenters. The van der Waals surface area contributed by atoms with Crippen molar-refractivity contribution in [1.82, 2.24) is 0 Å². The largest absolute Gasteiger partial charge is 0.462 e. The predicted octanol–water partition coefficient (Wildman–Crippen LogP) is 22.3. The number of carbonyl (C=O) groups is 3. The van der Waals surface area contributed by atoms with Gasteiger partial charge < -0.3 is 14.2 Å². The van der Waals surface area contributed by atoms with Gasteiger partial charge in [-0.15, -0.1) is 0 Å². The summed E-state index contributed by atoms with van der Waals surface area (Å²) < 4.78 is 16.8. The molecule has 0 aliphatic rings. The lowest BCUT2D eigenvalue weighted by molar-refractivity contribution is -0.167. The Hall–Kier alpha value is -3.41. The molecule has 0 spiro atoms. The minimum Gasteiger partial charge on any atom is -0.462 e. The molecule has 0 aliphatic heterocycles. The van der Waals surface area contributed by atoms with Gasteiger partial charge in [0.1, 0.15) is 13.2 Å². The van der Waals surface area contributed by atoms with E-state index in [2.05, 4.69) is 106 Å². The van der Waals surface area contributed by atoms with Crippen molar-refractivity contribution in [2.24, 2.45) is 0 Å². The maximum atomic E-state index is 12.8. The van der Waals surface area contributed by atoms with Crippen LogP contribution in [0.15, 0.2) is 85.1 Å². The minimum absolute atomic E-state index is 0.0729. The molecule has 0 fully saturated rings. The highest BCUT2D eigenvalue weighted by atomic mass is 16.6. The predicted molar refractivity (Wildman–Crippen MR) is 330 cm³/mol. The second-order valence-corrected chi connectivity index (χ2v) is 21.7. The van der Waals surface area contributed by atoms with Gasteiger partial charge >= 0.3 is 17.9 Å². The third-order valence-corrected chi connectivity index (χ3v) is 14.2. The third-order valence-electron chi connectivity index (χ3n) is 14.2. The monoisotopic (exact) mass is 1060 g/mol. The Balaban J connectivity index is 4.04. The van der Waals surface area contributed by atoms with Crippen LogP contribution in [0.1, 0.15) is 323 Å². The van der Waals surface area contributed by atoms with Gasteiger partial charge in [0.05, 0.1) is 0 Å². The first kappa shape index (κ1) is 72.6. The number of allylic oxidation sites excluding steroid dienone is 14. The van der Waals surface area contributed by atoms with Gasteiger partial charge in [-0.3, -0.25) is 14.4 Å². The molecule has 0 saturated heterocycles. The number of hydrogen-bond acceptors (Lipinski definition) is 6. The Morgan fingerprint density at radius 3 is 0.803 bits per heavy atom. The van der Waals surface area contributed by atoms with E-state index in [1.165, 1.54) is 180 Å². The van der Waals surface area contributed by atoms with Crippen LogP contribution in [0.2, 0.25) is 0 Å². The van der Waals surface area contributed by atoms with Crippen LogP contribution < -0.4 is 0 Å². The van der Waals surface area contributed by atoms with Gasteiger partial charge in [-0.05, 0) is 77.0 Å². The quantitative estimate of drug-likeness (QED) is 0.0261. The Morgan fingerprint density at radius 1 is 0.276 bits per heavy atom. The molecule has 0 saturated carbocycles. The molecule has 76 heavy (non-hydrogen) atoms. The molecule has 6 nitrogen and oxygen atoms in total. The van der Waals surface area contributed by atoms with Crippen LogP contribution in [0, 0.1) is 0 Å². The Bertz CT molecular complexity index is 1450. The summed E-state index contributed by atoms with van der Waals surface area (Å²) in [6.07, 6.45) is 84.9. The topological polar surface area (TPSA) is 78.9 Å². The molecule has 1 unspecified atom stereocenters. The van der Waals surface area contributed by atoms with Crippen molar-refractivity contribution in [3.63, 3.8) is 0 Å². The van der Waals surface area contributed by atoms with E-state index in [9.17, 15) is 14.4 Å². The van der Waals surface area contributed by atoms with Crippen LogP contribution in [0.25, 0.3) is 0 Å². The lowest BCUT2D eigenvalue weighted by Gasteiger charge is -2.18. The average Bonchev–Trinajstić information content (AvgIpc) is 3.42. The molecule has 6 heteroatoms. The molecular weight excluding hydrogens is 937 g/mol. The fraction of sp³-hybridized carbons (Fsp3) is 0.757. The number of rotatable bonds is 59. The van der Waals surface area contributed by atoms with E-state index in [1.807, 2.05) is 0 Å². The standard InChI is InChI=1S/C70H122O6/c1-4-7-10-13-16-18-20-22-24-26-28-29-30-31-32-33-34-35-36-37-38-39-40-41-43-44-46-48-50-52-54-57-60-63-69(72)75-66-67(65-74-68(71)62-59-56-15-12-9-6-3)76-70(73)64-61-58-55-53-51-49-47-45-42-27-25-23-21-19-17-14-11-8-5-2/h7,10,16,18,22,24,28-29,31-32,34-35,37-38,67H,4-6,8-9,11-15,17,19-21,23,25-27,30,33,36,39-66H2,1-3H3/b10-7-,18-16-,24-22-,29-28-,32-31-,35-34-,38-37-. The first-order valence-corrected chi connectivity index (χ1v) is 32.6. The van der Waals surface area contributed by atoms with E-state index in [1.54, 1.807) is 0 Å². The van der Waals surface area contributed by atoms with Gasteiger partial charge in [0.25, 0.3) is 0 Å². The van der Waals surface area contributed by atoms with E-state index >= 15 is 0 Å². The molecule has 438 valence electrons. The van der Waals surface area contributed by atoms with Crippen LogP contribution in [0.5, 0.6) is 0 Å². The summed E-state index contributed by atoms with van der Waals surface area (Å²) in [6, 6.07) is 0. The summed E-state index contributed by atoms with van der Waals surface area (Å²) in [7, 11) is 0. The summed E-state index contributed by atoms with van der Waals surface area (Å²) in [5, 5.41) is 0. The Labute approximate surface area is 471 Å². The first-order valence-electron chi connectivity index (χ1n) is 32.6. The van der Waals surface area contributed by atoms with E-state index in [-0.39, 0.29) is 31.1 Å². The number of ether oxygens (including phenoxy) is 3.